The van der Waals surface area contributed by atoms with Gasteiger partial charge in [0.2, 0.25) is 17.7 Å². The molecule has 14 nitrogen and oxygen atoms in total. The average molecular weight is 570 g/mol. The van der Waals surface area contributed by atoms with E-state index in [9.17, 15) is 39.3 Å². The van der Waals surface area contributed by atoms with E-state index in [1.165, 1.54) is 12.1 Å². The standard InChI is InChI=1S/C27H31N5O9/c28-18(9-14-5-7-16(34)8-6-14)24(37)30-20(10-15-12-29-19-4-2-1-3-17(15)19)25(38)31-21(11-23(35)36)26(39)32-22(13-33)27(40)41/h1-8,12,18,20-22,29,33-34H,9-11,13,28H2,(H,30,37)(H,31,38)(H,32,39)(H,35,36)(H,40,41). The first kappa shape index (κ1) is 30.6. The maximum atomic E-state index is 13.4. The smallest absolute Gasteiger partial charge is 0.328 e. The van der Waals surface area contributed by atoms with Crippen LogP contribution in [0.2, 0.25) is 0 Å². The minimum absolute atomic E-state index is 0.0378. The molecule has 3 amide bonds. The molecule has 0 spiro atoms. The third-order valence-electron chi connectivity index (χ3n) is 6.27. The number of aromatic amines is 1. The molecule has 218 valence electrons. The number of carbonyl (C=O) groups excluding carboxylic acids is 3. The highest BCUT2D eigenvalue weighted by Crippen LogP contribution is 2.19. The van der Waals surface area contributed by atoms with Gasteiger partial charge >= 0.3 is 11.9 Å². The molecule has 14 heteroatoms. The number of phenols is 1. The average Bonchev–Trinajstić information content (AvgIpc) is 3.34. The number of benzene rings is 2. The number of phenolic OH excluding ortho intramolecular Hbond substituents is 1. The van der Waals surface area contributed by atoms with Crippen LogP contribution in [-0.4, -0.2) is 85.8 Å². The fourth-order valence-corrected chi connectivity index (χ4v) is 4.10. The van der Waals surface area contributed by atoms with E-state index in [2.05, 4.69) is 15.6 Å². The van der Waals surface area contributed by atoms with Crippen LogP contribution in [0.15, 0.2) is 54.7 Å². The number of H-pyrrole nitrogens is 1. The fraction of sp³-hybridized carbons (Fsp3) is 0.296. The van der Waals surface area contributed by atoms with Gasteiger partial charge in [0, 0.05) is 23.5 Å². The van der Waals surface area contributed by atoms with Crippen LogP contribution in [0.4, 0.5) is 0 Å². The van der Waals surface area contributed by atoms with E-state index in [0.717, 1.165) is 10.9 Å². The SMILES string of the molecule is NC(Cc1ccc(O)cc1)C(=O)NC(Cc1c[nH]c2ccccc12)C(=O)NC(CC(=O)O)C(=O)NC(CO)C(=O)O. The van der Waals surface area contributed by atoms with Gasteiger partial charge in [0.1, 0.15) is 23.9 Å². The van der Waals surface area contributed by atoms with Crippen molar-refractivity contribution < 1.29 is 44.4 Å². The predicted molar refractivity (Wildman–Crippen MR) is 145 cm³/mol. The van der Waals surface area contributed by atoms with Crippen molar-refractivity contribution in [1.29, 1.82) is 0 Å². The van der Waals surface area contributed by atoms with E-state index < -0.39 is 66.9 Å². The molecular formula is C27H31N5O9. The minimum atomic E-state index is -1.73. The third-order valence-corrected chi connectivity index (χ3v) is 6.27. The summed E-state index contributed by atoms with van der Waals surface area (Å²) in [4.78, 5) is 64.8. The van der Waals surface area contributed by atoms with E-state index >= 15 is 0 Å². The summed E-state index contributed by atoms with van der Waals surface area (Å²) in [5, 5.41) is 44.6. The number of nitrogens with one attached hydrogen (secondary N) is 4. The van der Waals surface area contributed by atoms with E-state index in [4.69, 9.17) is 10.8 Å². The van der Waals surface area contributed by atoms with E-state index in [1.807, 2.05) is 17.4 Å². The fourth-order valence-electron chi connectivity index (χ4n) is 4.10. The molecule has 1 aromatic heterocycles. The first-order valence-corrected chi connectivity index (χ1v) is 12.5. The zero-order valence-electron chi connectivity index (χ0n) is 21.7. The number of carboxylic acids is 2. The summed E-state index contributed by atoms with van der Waals surface area (Å²) in [6.07, 6.45) is 0.760. The molecule has 4 atom stereocenters. The molecule has 0 aliphatic carbocycles. The molecule has 1 heterocycles. The third kappa shape index (κ3) is 8.52. The second kappa shape index (κ2) is 13.9. The Bertz CT molecular complexity index is 1410. The number of fused-ring (bicyclic) bond motifs is 1. The van der Waals surface area contributed by atoms with Gasteiger partial charge < -0.3 is 47.1 Å². The van der Waals surface area contributed by atoms with Gasteiger partial charge in [-0.05, 0) is 35.7 Å². The van der Waals surface area contributed by atoms with Crippen LogP contribution >= 0.6 is 0 Å². The van der Waals surface area contributed by atoms with Gasteiger partial charge in [-0.1, -0.05) is 30.3 Å². The summed E-state index contributed by atoms with van der Waals surface area (Å²) < 4.78 is 0. The van der Waals surface area contributed by atoms with Crippen LogP contribution < -0.4 is 21.7 Å². The number of rotatable bonds is 14. The van der Waals surface area contributed by atoms with Crippen molar-refractivity contribution in [2.45, 2.75) is 43.4 Å². The Morgan fingerprint density at radius 2 is 1.41 bits per heavy atom. The number of nitrogens with two attached hydrogens (primary N) is 1. The quantitative estimate of drug-likeness (QED) is 0.114. The van der Waals surface area contributed by atoms with Gasteiger partial charge in [0.05, 0.1) is 19.1 Å². The molecule has 0 aliphatic rings. The monoisotopic (exact) mass is 569 g/mol. The molecule has 4 unspecified atom stereocenters. The molecule has 0 fully saturated rings. The Balaban J connectivity index is 1.83. The van der Waals surface area contributed by atoms with Crippen LogP contribution in [-0.2, 0) is 36.8 Å². The van der Waals surface area contributed by atoms with Gasteiger partial charge in [0.25, 0.3) is 0 Å². The molecular weight excluding hydrogens is 538 g/mol. The molecule has 0 bridgehead atoms. The van der Waals surface area contributed by atoms with Crippen LogP contribution in [0, 0.1) is 0 Å². The molecule has 3 rings (SSSR count). The number of hydrogen-bond acceptors (Lipinski definition) is 8. The van der Waals surface area contributed by atoms with Crippen molar-refractivity contribution in [1.82, 2.24) is 20.9 Å². The molecule has 10 N–H and O–H groups in total. The first-order chi connectivity index (χ1) is 19.5. The number of aliphatic carboxylic acids is 2. The van der Waals surface area contributed by atoms with E-state index in [0.29, 0.717) is 11.1 Å². The van der Waals surface area contributed by atoms with Gasteiger partial charge in [-0.3, -0.25) is 19.2 Å². The van der Waals surface area contributed by atoms with Gasteiger partial charge in [-0.15, -0.1) is 0 Å². The molecule has 0 aliphatic heterocycles. The number of hydrogen-bond donors (Lipinski definition) is 9. The number of amides is 3. The van der Waals surface area contributed by atoms with Gasteiger partial charge in [-0.2, -0.15) is 0 Å². The number of aliphatic hydroxyl groups is 1. The maximum absolute atomic E-state index is 13.4. The molecule has 41 heavy (non-hydrogen) atoms. The normalized spacial score (nSPS) is 13.9. The van der Waals surface area contributed by atoms with Crippen molar-refractivity contribution in [2.24, 2.45) is 5.73 Å². The lowest BCUT2D eigenvalue weighted by Crippen LogP contribution is -2.58. The second-order valence-electron chi connectivity index (χ2n) is 9.34. The Hall–Kier alpha value is -4.95. The summed E-state index contributed by atoms with van der Waals surface area (Å²) in [6, 6.07) is 7.40. The summed E-state index contributed by atoms with van der Waals surface area (Å²) in [5.74, 6) is -5.76. The van der Waals surface area contributed by atoms with Gasteiger partial charge in [-0.25, -0.2) is 4.79 Å². The van der Waals surface area contributed by atoms with Crippen LogP contribution in [0.1, 0.15) is 17.5 Å². The Morgan fingerprint density at radius 3 is 2.05 bits per heavy atom. The van der Waals surface area contributed by atoms with Crippen molar-refractivity contribution >= 4 is 40.6 Å². The summed E-state index contributed by atoms with van der Waals surface area (Å²) in [5.41, 5.74) is 8.14. The summed E-state index contributed by atoms with van der Waals surface area (Å²) in [7, 11) is 0. The molecule has 0 radical (unpaired) electrons. The summed E-state index contributed by atoms with van der Waals surface area (Å²) in [6.45, 7) is -0.965. The topological polar surface area (TPSA) is 244 Å². The zero-order valence-corrected chi connectivity index (χ0v) is 21.7. The lowest BCUT2D eigenvalue weighted by atomic mass is 10.0. The highest BCUT2D eigenvalue weighted by atomic mass is 16.4. The number of aromatic nitrogens is 1. The zero-order chi connectivity index (χ0) is 30.1. The van der Waals surface area contributed by atoms with Crippen LogP contribution in [0.25, 0.3) is 10.9 Å². The molecule has 0 saturated heterocycles. The molecule has 2 aromatic carbocycles. The predicted octanol–water partition coefficient (Wildman–Crippen LogP) is -1.01. The highest BCUT2D eigenvalue weighted by Gasteiger charge is 2.32. The number of aromatic hydroxyl groups is 1. The van der Waals surface area contributed by atoms with Crippen molar-refractivity contribution in [3.8, 4) is 5.75 Å². The lowest BCUT2D eigenvalue weighted by molar-refractivity contribution is -0.144. The lowest BCUT2D eigenvalue weighted by Gasteiger charge is -2.24. The minimum Gasteiger partial charge on any atom is -0.508 e. The van der Waals surface area contributed by atoms with E-state index in [1.54, 1.807) is 30.5 Å². The van der Waals surface area contributed by atoms with Crippen molar-refractivity contribution in [3.63, 3.8) is 0 Å². The molecule has 3 aromatic rings. The number of carbonyl (C=O) groups is 5. The van der Waals surface area contributed by atoms with Crippen LogP contribution in [0.3, 0.4) is 0 Å². The van der Waals surface area contributed by atoms with Crippen LogP contribution in [0.5, 0.6) is 5.75 Å². The van der Waals surface area contributed by atoms with Crippen molar-refractivity contribution in [3.05, 3.63) is 65.9 Å². The molecule has 0 saturated carbocycles. The van der Waals surface area contributed by atoms with E-state index in [-0.39, 0.29) is 18.6 Å². The number of carboxylic acid groups (broad SMARTS) is 2. The second-order valence-corrected chi connectivity index (χ2v) is 9.34. The maximum Gasteiger partial charge on any atom is 0.328 e. The largest absolute Gasteiger partial charge is 0.508 e. The highest BCUT2D eigenvalue weighted by molar-refractivity contribution is 5.96. The Labute approximate surface area is 233 Å². The number of para-hydroxylation sites is 1. The Morgan fingerprint density at radius 1 is 0.805 bits per heavy atom. The number of aliphatic hydroxyl groups excluding tert-OH is 1. The van der Waals surface area contributed by atoms with Gasteiger partial charge in [0.15, 0.2) is 0 Å². The summed E-state index contributed by atoms with van der Waals surface area (Å²) >= 11 is 0. The van der Waals surface area contributed by atoms with Crippen molar-refractivity contribution in [2.75, 3.05) is 6.61 Å². The first-order valence-electron chi connectivity index (χ1n) is 12.5. The Kier molecular flexibility index (Phi) is 10.4.